The highest BCUT2D eigenvalue weighted by atomic mass is 79.9. The van der Waals surface area contributed by atoms with Crippen LogP contribution in [0.1, 0.15) is 25.6 Å². The standard InChI is InChI=1S/C12H17BrN4O2/c1-3-4-6-19-7-5-17-10-9(11(13)16-17)14-8(2)15-12(10)18/h3-7H2,1-2H3,(H,14,15,18). The summed E-state index contributed by atoms with van der Waals surface area (Å²) in [5.74, 6) is 0.581. The van der Waals surface area contributed by atoms with Crippen LogP contribution in [-0.4, -0.2) is 33.0 Å². The van der Waals surface area contributed by atoms with Gasteiger partial charge in [-0.1, -0.05) is 13.3 Å². The van der Waals surface area contributed by atoms with E-state index < -0.39 is 0 Å². The van der Waals surface area contributed by atoms with Gasteiger partial charge in [-0.2, -0.15) is 5.10 Å². The maximum Gasteiger partial charge on any atom is 0.277 e. The van der Waals surface area contributed by atoms with Gasteiger partial charge < -0.3 is 9.72 Å². The molecular weight excluding hydrogens is 312 g/mol. The summed E-state index contributed by atoms with van der Waals surface area (Å²) in [5.41, 5.74) is 0.903. The van der Waals surface area contributed by atoms with Gasteiger partial charge in [0.1, 0.15) is 11.3 Å². The highest BCUT2D eigenvalue weighted by molar-refractivity contribution is 9.10. The summed E-state index contributed by atoms with van der Waals surface area (Å²) in [6, 6.07) is 0. The molecule has 2 rings (SSSR count). The van der Waals surface area contributed by atoms with Crippen LogP contribution in [0.3, 0.4) is 0 Å². The average Bonchev–Trinajstić information content (AvgIpc) is 2.66. The lowest BCUT2D eigenvalue weighted by Crippen LogP contribution is -2.16. The number of fused-ring (bicyclic) bond motifs is 1. The fourth-order valence-corrected chi connectivity index (χ4v) is 2.30. The van der Waals surface area contributed by atoms with E-state index in [2.05, 4.69) is 37.9 Å². The number of H-pyrrole nitrogens is 1. The number of hydrogen-bond donors (Lipinski definition) is 1. The van der Waals surface area contributed by atoms with Gasteiger partial charge in [0.15, 0.2) is 10.1 Å². The molecule has 19 heavy (non-hydrogen) atoms. The summed E-state index contributed by atoms with van der Waals surface area (Å²) in [6.45, 7) is 5.69. The van der Waals surface area contributed by atoms with Crippen molar-refractivity contribution in [1.82, 2.24) is 19.7 Å². The molecule has 0 fully saturated rings. The van der Waals surface area contributed by atoms with Gasteiger partial charge >= 0.3 is 0 Å². The summed E-state index contributed by atoms with van der Waals surface area (Å²) >= 11 is 3.33. The zero-order chi connectivity index (χ0) is 13.8. The lowest BCUT2D eigenvalue weighted by molar-refractivity contribution is 0.122. The van der Waals surface area contributed by atoms with Crippen LogP contribution < -0.4 is 5.56 Å². The smallest absolute Gasteiger partial charge is 0.277 e. The Kier molecular flexibility index (Phi) is 4.71. The molecule has 0 aliphatic rings. The second-order valence-electron chi connectivity index (χ2n) is 4.33. The first kappa shape index (κ1) is 14.2. The van der Waals surface area contributed by atoms with Crippen LogP contribution in [0.2, 0.25) is 0 Å². The minimum Gasteiger partial charge on any atom is -0.380 e. The van der Waals surface area contributed by atoms with E-state index in [4.69, 9.17) is 4.74 Å². The van der Waals surface area contributed by atoms with Gasteiger partial charge in [-0.05, 0) is 29.3 Å². The van der Waals surface area contributed by atoms with E-state index in [1.807, 2.05) is 0 Å². The third kappa shape index (κ3) is 3.22. The van der Waals surface area contributed by atoms with Crippen LogP contribution in [0, 0.1) is 6.92 Å². The monoisotopic (exact) mass is 328 g/mol. The molecule has 0 aromatic carbocycles. The molecule has 0 atom stereocenters. The summed E-state index contributed by atoms with van der Waals surface area (Å²) in [4.78, 5) is 18.9. The molecule has 2 heterocycles. The van der Waals surface area contributed by atoms with Crippen molar-refractivity contribution in [1.29, 1.82) is 0 Å². The van der Waals surface area contributed by atoms with E-state index in [0.29, 0.717) is 34.6 Å². The quantitative estimate of drug-likeness (QED) is 0.823. The van der Waals surface area contributed by atoms with E-state index in [0.717, 1.165) is 19.4 Å². The van der Waals surface area contributed by atoms with Gasteiger partial charge in [0.25, 0.3) is 5.56 Å². The molecule has 0 bridgehead atoms. The lowest BCUT2D eigenvalue weighted by Gasteiger charge is -2.04. The Morgan fingerprint density at radius 1 is 1.42 bits per heavy atom. The number of aromatic nitrogens is 4. The minimum absolute atomic E-state index is 0.172. The van der Waals surface area contributed by atoms with E-state index in [1.54, 1.807) is 11.6 Å². The number of aryl methyl sites for hydroxylation is 1. The number of aromatic amines is 1. The number of rotatable bonds is 6. The molecule has 104 valence electrons. The van der Waals surface area contributed by atoms with E-state index >= 15 is 0 Å². The third-order valence-electron chi connectivity index (χ3n) is 2.77. The number of nitrogens with one attached hydrogen (secondary N) is 1. The van der Waals surface area contributed by atoms with Crippen LogP contribution in [0.5, 0.6) is 0 Å². The average molecular weight is 329 g/mol. The largest absolute Gasteiger partial charge is 0.380 e. The van der Waals surface area contributed by atoms with Crippen molar-refractivity contribution in [3.05, 3.63) is 20.8 Å². The SMILES string of the molecule is CCCCOCCn1nc(Br)c2nc(C)[nH]c(=O)c21. The number of halogens is 1. The molecule has 0 unspecified atom stereocenters. The van der Waals surface area contributed by atoms with Crippen LogP contribution in [0.25, 0.3) is 11.0 Å². The van der Waals surface area contributed by atoms with Gasteiger partial charge in [-0.15, -0.1) is 0 Å². The first-order chi connectivity index (χ1) is 9.13. The normalized spacial score (nSPS) is 11.3. The van der Waals surface area contributed by atoms with Crippen molar-refractivity contribution in [2.24, 2.45) is 0 Å². The van der Waals surface area contributed by atoms with Crippen molar-refractivity contribution >= 4 is 27.0 Å². The number of hydrogen-bond acceptors (Lipinski definition) is 4. The molecule has 6 nitrogen and oxygen atoms in total. The Labute approximate surface area is 119 Å². The maximum absolute atomic E-state index is 12.0. The van der Waals surface area contributed by atoms with E-state index in [-0.39, 0.29) is 5.56 Å². The second-order valence-corrected chi connectivity index (χ2v) is 5.08. The summed E-state index contributed by atoms with van der Waals surface area (Å²) in [7, 11) is 0. The van der Waals surface area contributed by atoms with Gasteiger partial charge in [-0.25, -0.2) is 4.98 Å². The van der Waals surface area contributed by atoms with Gasteiger partial charge in [0.05, 0.1) is 13.2 Å². The molecule has 2 aromatic heterocycles. The van der Waals surface area contributed by atoms with Crippen molar-refractivity contribution in [2.45, 2.75) is 33.2 Å². The molecule has 7 heteroatoms. The highest BCUT2D eigenvalue weighted by Crippen LogP contribution is 2.18. The molecule has 0 amide bonds. The molecule has 2 aromatic rings. The van der Waals surface area contributed by atoms with Crippen molar-refractivity contribution < 1.29 is 4.74 Å². The zero-order valence-electron chi connectivity index (χ0n) is 11.1. The van der Waals surface area contributed by atoms with Gasteiger partial charge in [-0.3, -0.25) is 9.48 Å². The Balaban J connectivity index is 2.18. The number of nitrogens with zero attached hydrogens (tertiary/aromatic N) is 3. The predicted octanol–water partition coefficient (Wildman–Crippen LogP) is 2.01. The fraction of sp³-hybridized carbons (Fsp3) is 0.583. The molecule has 0 aliphatic heterocycles. The Hall–Kier alpha value is -1.21. The van der Waals surface area contributed by atoms with Crippen molar-refractivity contribution in [3.63, 3.8) is 0 Å². The third-order valence-corrected chi connectivity index (χ3v) is 3.30. The predicted molar refractivity (Wildman–Crippen MR) is 76.3 cm³/mol. The number of unbranched alkanes of at least 4 members (excludes halogenated alkanes) is 1. The first-order valence-corrected chi connectivity index (χ1v) is 7.13. The molecule has 1 N–H and O–H groups in total. The van der Waals surface area contributed by atoms with E-state index in [1.165, 1.54) is 0 Å². The molecule has 0 aliphatic carbocycles. The summed E-state index contributed by atoms with van der Waals surface area (Å²) in [5, 5.41) is 4.28. The van der Waals surface area contributed by atoms with Crippen LogP contribution in [0.4, 0.5) is 0 Å². The fourth-order valence-electron chi connectivity index (χ4n) is 1.83. The van der Waals surface area contributed by atoms with E-state index in [9.17, 15) is 4.79 Å². The molecule has 0 radical (unpaired) electrons. The van der Waals surface area contributed by atoms with Gasteiger partial charge in [0.2, 0.25) is 0 Å². The molecule has 0 saturated carbocycles. The first-order valence-electron chi connectivity index (χ1n) is 6.34. The molecule has 0 spiro atoms. The molecular formula is C12H17BrN4O2. The van der Waals surface area contributed by atoms with Crippen LogP contribution in [0.15, 0.2) is 9.40 Å². The topological polar surface area (TPSA) is 72.8 Å². The summed E-state index contributed by atoms with van der Waals surface area (Å²) < 4.78 is 7.71. The van der Waals surface area contributed by atoms with Gasteiger partial charge in [0, 0.05) is 6.61 Å². The number of ether oxygens (including phenoxy) is 1. The van der Waals surface area contributed by atoms with Crippen molar-refractivity contribution in [2.75, 3.05) is 13.2 Å². The van der Waals surface area contributed by atoms with Crippen molar-refractivity contribution in [3.8, 4) is 0 Å². The second kappa shape index (κ2) is 6.29. The maximum atomic E-state index is 12.0. The molecule has 0 saturated heterocycles. The lowest BCUT2D eigenvalue weighted by atomic mass is 10.4. The zero-order valence-corrected chi connectivity index (χ0v) is 12.7. The summed E-state index contributed by atoms with van der Waals surface area (Å²) in [6.07, 6.45) is 2.16. The highest BCUT2D eigenvalue weighted by Gasteiger charge is 2.13. The van der Waals surface area contributed by atoms with Crippen LogP contribution >= 0.6 is 15.9 Å². The minimum atomic E-state index is -0.172. The Bertz CT molecular complexity index is 620. The van der Waals surface area contributed by atoms with Crippen LogP contribution in [-0.2, 0) is 11.3 Å². The Morgan fingerprint density at radius 2 is 2.21 bits per heavy atom. The Morgan fingerprint density at radius 3 is 2.95 bits per heavy atom.